The van der Waals surface area contributed by atoms with Crippen molar-refractivity contribution in [2.45, 2.75) is 38.3 Å². The second kappa shape index (κ2) is 13.1. The number of carbonyl (C=O) groups is 2. The summed E-state index contributed by atoms with van der Waals surface area (Å²) in [6.45, 7) is 5.56. The Labute approximate surface area is 234 Å². The quantitative estimate of drug-likeness (QED) is 0.332. The van der Waals surface area contributed by atoms with Gasteiger partial charge in [-0.05, 0) is 60.9 Å². The van der Waals surface area contributed by atoms with Gasteiger partial charge in [0.05, 0.1) is 10.6 Å². The maximum Gasteiger partial charge on any atom is 0.264 e. The highest BCUT2D eigenvalue weighted by Gasteiger charge is 2.32. The second-order valence-electron chi connectivity index (χ2n) is 9.27. The molecule has 0 fully saturated rings. The molecule has 0 saturated heterocycles. The van der Waals surface area contributed by atoms with Crippen molar-refractivity contribution in [2.24, 2.45) is 5.92 Å². The summed E-state index contributed by atoms with van der Waals surface area (Å²) in [5.41, 5.74) is 0.976. The molecular weight excluding hydrogens is 545 g/mol. The van der Waals surface area contributed by atoms with Crippen LogP contribution < -0.4 is 9.62 Å². The fourth-order valence-corrected chi connectivity index (χ4v) is 5.44. The van der Waals surface area contributed by atoms with E-state index in [0.29, 0.717) is 16.6 Å². The minimum Gasteiger partial charge on any atom is -0.354 e. The Hall–Kier alpha value is -3.07. The van der Waals surface area contributed by atoms with Crippen molar-refractivity contribution < 1.29 is 18.0 Å². The summed E-state index contributed by atoms with van der Waals surface area (Å²) in [5, 5.41) is 3.72. The Morgan fingerprint density at radius 1 is 0.868 bits per heavy atom. The lowest BCUT2D eigenvalue weighted by molar-refractivity contribution is -0.139. The fourth-order valence-electron chi connectivity index (χ4n) is 3.70. The lowest BCUT2D eigenvalue weighted by Gasteiger charge is -2.32. The molecule has 1 N–H and O–H groups in total. The summed E-state index contributed by atoms with van der Waals surface area (Å²) < 4.78 is 28.4. The van der Waals surface area contributed by atoms with Crippen molar-refractivity contribution in [3.63, 3.8) is 0 Å². The topological polar surface area (TPSA) is 86.8 Å². The van der Waals surface area contributed by atoms with Crippen LogP contribution in [0.15, 0.2) is 83.8 Å². The molecular formula is C28H31Cl2N3O4S. The van der Waals surface area contributed by atoms with E-state index in [2.05, 4.69) is 5.32 Å². The van der Waals surface area contributed by atoms with E-state index in [0.717, 1.165) is 9.87 Å². The van der Waals surface area contributed by atoms with Crippen molar-refractivity contribution in [1.29, 1.82) is 0 Å². The molecule has 3 rings (SSSR count). The van der Waals surface area contributed by atoms with Crippen LogP contribution in [-0.4, -0.2) is 44.3 Å². The van der Waals surface area contributed by atoms with Gasteiger partial charge >= 0.3 is 0 Å². The Kier molecular flexibility index (Phi) is 10.2. The third kappa shape index (κ3) is 7.72. The number of benzene rings is 3. The molecule has 38 heavy (non-hydrogen) atoms. The van der Waals surface area contributed by atoms with E-state index in [1.165, 1.54) is 23.1 Å². The minimum atomic E-state index is -4.14. The number of carbonyl (C=O) groups excluding carboxylic acids is 2. The van der Waals surface area contributed by atoms with Crippen molar-refractivity contribution in [3.8, 4) is 0 Å². The molecule has 0 saturated carbocycles. The first-order chi connectivity index (χ1) is 18.0. The van der Waals surface area contributed by atoms with Crippen LogP contribution in [0.2, 0.25) is 10.0 Å². The third-order valence-electron chi connectivity index (χ3n) is 5.82. The summed E-state index contributed by atoms with van der Waals surface area (Å²) in [7, 11) is -4.14. The third-order valence-corrected chi connectivity index (χ3v) is 8.10. The number of anilines is 1. The van der Waals surface area contributed by atoms with Gasteiger partial charge in [-0.1, -0.05) is 73.4 Å². The SMILES string of the molecule is CC(C)CNC(=O)[C@@H](C)N(Cc1ccc(Cl)cc1)C(=O)CN(c1cccc(Cl)c1)S(=O)(=O)c1ccccc1. The van der Waals surface area contributed by atoms with Crippen LogP contribution >= 0.6 is 23.2 Å². The highest BCUT2D eigenvalue weighted by Crippen LogP contribution is 2.27. The predicted octanol–water partition coefficient (Wildman–Crippen LogP) is 5.38. The Bertz CT molecular complexity index is 1350. The van der Waals surface area contributed by atoms with Gasteiger partial charge in [-0.3, -0.25) is 13.9 Å². The summed E-state index contributed by atoms with van der Waals surface area (Å²) in [5.74, 6) is -0.659. The maximum atomic E-state index is 13.8. The molecule has 0 bridgehead atoms. The summed E-state index contributed by atoms with van der Waals surface area (Å²) in [6.07, 6.45) is 0. The largest absolute Gasteiger partial charge is 0.354 e. The monoisotopic (exact) mass is 575 g/mol. The summed E-state index contributed by atoms with van der Waals surface area (Å²) >= 11 is 12.2. The molecule has 0 spiro atoms. The van der Waals surface area contributed by atoms with Crippen LogP contribution in [0.25, 0.3) is 0 Å². The van der Waals surface area contributed by atoms with Crippen LogP contribution in [0.4, 0.5) is 5.69 Å². The fraction of sp³-hybridized carbons (Fsp3) is 0.286. The second-order valence-corrected chi connectivity index (χ2v) is 12.0. The van der Waals surface area contributed by atoms with E-state index in [1.807, 2.05) is 13.8 Å². The average Bonchev–Trinajstić information content (AvgIpc) is 2.89. The molecule has 3 aromatic rings. The molecule has 0 aliphatic carbocycles. The first-order valence-corrected chi connectivity index (χ1v) is 14.3. The number of sulfonamides is 1. The van der Waals surface area contributed by atoms with Gasteiger partial charge in [0.1, 0.15) is 12.6 Å². The van der Waals surface area contributed by atoms with E-state index in [1.54, 1.807) is 67.6 Å². The van der Waals surface area contributed by atoms with Gasteiger partial charge in [0.25, 0.3) is 10.0 Å². The van der Waals surface area contributed by atoms with E-state index < -0.39 is 28.5 Å². The van der Waals surface area contributed by atoms with E-state index >= 15 is 0 Å². The molecule has 0 radical (unpaired) electrons. The molecule has 0 aliphatic heterocycles. The lowest BCUT2D eigenvalue weighted by Crippen LogP contribution is -2.51. The number of hydrogen-bond donors (Lipinski definition) is 1. The summed E-state index contributed by atoms with van der Waals surface area (Å²) in [4.78, 5) is 28.2. The molecule has 202 valence electrons. The maximum absolute atomic E-state index is 13.8. The first-order valence-electron chi connectivity index (χ1n) is 12.1. The van der Waals surface area contributed by atoms with Gasteiger partial charge in [-0.15, -0.1) is 0 Å². The predicted molar refractivity (Wildman–Crippen MR) is 152 cm³/mol. The van der Waals surface area contributed by atoms with Crippen LogP contribution in [-0.2, 0) is 26.2 Å². The average molecular weight is 577 g/mol. The number of amides is 2. The molecule has 0 unspecified atom stereocenters. The van der Waals surface area contributed by atoms with E-state index in [9.17, 15) is 18.0 Å². The lowest BCUT2D eigenvalue weighted by atomic mass is 10.1. The normalized spacial score (nSPS) is 12.2. The Balaban J connectivity index is 1.99. The number of hydrogen-bond acceptors (Lipinski definition) is 4. The first kappa shape index (κ1) is 29.5. The van der Waals surface area contributed by atoms with Crippen LogP contribution in [0, 0.1) is 5.92 Å². The molecule has 7 nitrogen and oxygen atoms in total. The molecule has 10 heteroatoms. The minimum absolute atomic E-state index is 0.0275. The van der Waals surface area contributed by atoms with Gasteiger partial charge in [-0.25, -0.2) is 8.42 Å². The molecule has 0 aromatic heterocycles. The van der Waals surface area contributed by atoms with Gasteiger partial charge in [0.2, 0.25) is 11.8 Å². The summed E-state index contributed by atoms with van der Waals surface area (Å²) in [6, 6.07) is 20.2. The van der Waals surface area contributed by atoms with Crippen LogP contribution in [0.3, 0.4) is 0 Å². The van der Waals surface area contributed by atoms with Crippen molar-refractivity contribution in [2.75, 3.05) is 17.4 Å². The van der Waals surface area contributed by atoms with Gasteiger partial charge in [0.15, 0.2) is 0 Å². The van der Waals surface area contributed by atoms with E-state index in [-0.39, 0.29) is 29.0 Å². The highest BCUT2D eigenvalue weighted by atomic mass is 35.5. The Morgan fingerprint density at radius 3 is 2.13 bits per heavy atom. The van der Waals surface area contributed by atoms with Gasteiger partial charge in [0, 0.05) is 23.1 Å². The zero-order valence-electron chi connectivity index (χ0n) is 21.5. The number of halogens is 2. The number of nitrogens with one attached hydrogen (secondary N) is 1. The van der Waals surface area contributed by atoms with E-state index in [4.69, 9.17) is 23.2 Å². The zero-order chi connectivity index (χ0) is 27.9. The zero-order valence-corrected chi connectivity index (χ0v) is 23.8. The molecule has 2 amide bonds. The van der Waals surface area contributed by atoms with Crippen molar-refractivity contribution in [1.82, 2.24) is 10.2 Å². The van der Waals surface area contributed by atoms with Gasteiger partial charge in [-0.2, -0.15) is 0 Å². The molecule has 1 atom stereocenters. The number of rotatable bonds is 11. The smallest absolute Gasteiger partial charge is 0.264 e. The van der Waals surface area contributed by atoms with Gasteiger partial charge < -0.3 is 10.2 Å². The van der Waals surface area contributed by atoms with Crippen LogP contribution in [0.1, 0.15) is 26.3 Å². The van der Waals surface area contributed by atoms with Crippen LogP contribution in [0.5, 0.6) is 0 Å². The van der Waals surface area contributed by atoms with Crippen molar-refractivity contribution >= 4 is 50.7 Å². The molecule has 0 heterocycles. The highest BCUT2D eigenvalue weighted by molar-refractivity contribution is 7.92. The standard InChI is InChI=1S/C28H31Cl2N3O4S/c1-20(2)17-31-28(35)21(3)32(18-22-12-14-23(29)15-13-22)27(34)19-33(25-9-7-8-24(30)16-25)38(36,37)26-10-5-4-6-11-26/h4-16,20-21H,17-19H2,1-3H3,(H,31,35)/t21-/m1/s1. The Morgan fingerprint density at radius 2 is 1.53 bits per heavy atom. The number of nitrogens with zero attached hydrogens (tertiary/aromatic N) is 2. The molecule has 0 aliphatic rings. The van der Waals surface area contributed by atoms with Crippen molar-refractivity contribution in [3.05, 3.63) is 94.5 Å². The molecule has 3 aromatic carbocycles.